The zero-order valence-electron chi connectivity index (χ0n) is 8.74. The van der Waals surface area contributed by atoms with Crippen LogP contribution in [0.25, 0.3) is 0 Å². The number of hydrogen-bond acceptors (Lipinski definition) is 2. The number of hydrogen-bond donors (Lipinski definition) is 1. The molecule has 0 spiro atoms. The van der Waals surface area contributed by atoms with Crippen LogP contribution in [0.1, 0.15) is 22.5 Å². The van der Waals surface area contributed by atoms with Crippen LogP contribution >= 0.6 is 11.3 Å². The minimum Gasteiger partial charge on any atom is -0.334 e. The molecule has 0 saturated carbocycles. The largest absolute Gasteiger partial charge is 0.334 e. The first-order chi connectivity index (χ1) is 7.34. The van der Waals surface area contributed by atoms with Gasteiger partial charge in [-0.05, 0) is 17.4 Å². The maximum Gasteiger partial charge on any atom is 0.181 e. The molecule has 15 heavy (non-hydrogen) atoms. The van der Waals surface area contributed by atoms with Crippen LogP contribution in [-0.4, -0.2) is 25.4 Å². The van der Waals surface area contributed by atoms with Gasteiger partial charge in [-0.3, -0.25) is 4.79 Å². The number of thiophene rings is 1. The monoisotopic (exact) mass is 222 g/mol. The number of rotatable bonds is 2. The third kappa shape index (κ3) is 1.64. The van der Waals surface area contributed by atoms with E-state index in [0.717, 1.165) is 11.4 Å². The van der Waals surface area contributed by atoms with E-state index in [1.54, 1.807) is 16.2 Å². The van der Waals surface area contributed by atoms with E-state index in [2.05, 4.69) is 0 Å². The Morgan fingerprint density at radius 3 is 2.73 bits per heavy atom. The standard InChI is InChI=1S/C12H15NOS/c14-12(11-2-1-7-15-11)10-8-13-5-3-9(10)4-6-13/h1-2,7,9-10H,3-6,8H2/p+1. The van der Waals surface area contributed by atoms with Crippen molar-refractivity contribution in [2.75, 3.05) is 19.6 Å². The predicted octanol–water partition coefficient (Wildman–Crippen LogP) is 0.855. The van der Waals surface area contributed by atoms with E-state index in [1.807, 2.05) is 17.5 Å². The fourth-order valence-electron chi connectivity index (χ4n) is 3.04. The molecule has 4 rings (SSSR count). The van der Waals surface area contributed by atoms with Crippen molar-refractivity contribution >= 4 is 17.1 Å². The number of piperidine rings is 3. The van der Waals surface area contributed by atoms with Crippen molar-refractivity contribution in [2.24, 2.45) is 11.8 Å². The molecule has 2 bridgehead atoms. The molecule has 0 amide bonds. The zero-order chi connectivity index (χ0) is 10.3. The second kappa shape index (κ2) is 3.72. The number of fused-ring (bicyclic) bond motifs is 3. The highest BCUT2D eigenvalue weighted by molar-refractivity contribution is 7.12. The van der Waals surface area contributed by atoms with Crippen molar-refractivity contribution in [3.63, 3.8) is 0 Å². The third-order valence-electron chi connectivity index (χ3n) is 3.92. The van der Waals surface area contributed by atoms with Crippen LogP contribution in [0.2, 0.25) is 0 Å². The lowest BCUT2D eigenvalue weighted by Crippen LogP contribution is -3.16. The normalized spacial score (nSPS) is 34.3. The number of ketones is 1. The van der Waals surface area contributed by atoms with Crippen molar-refractivity contribution < 1.29 is 9.69 Å². The van der Waals surface area contributed by atoms with Gasteiger partial charge in [-0.25, -0.2) is 0 Å². The van der Waals surface area contributed by atoms with E-state index in [1.165, 1.54) is 25.9 Å². The van der Waals surface area contributed by atoms with Crippen LogP contribution in [0.5, 0.6) is 0 Å². The zero-order valence-corrected chi connectivity index (χ0v) is 9.56. The molecule has 3 aliphatic heterocycles. The van der Waals surface area contributed by atoms with Crippen molar-refractivity contribution in [3.8, 4) is 0 Å². The van der Waals surface area contributed by atoms with E-state index in [0.29, 0.717) is 17.6 Å². The summed E-state index contributed by atoms with van der Waals surface area (Å²) in [5.41, 5.74) is 0. The van der Waals surface area contributed by atoms with Crippen molar-refractivity contribution in [1.29, 1.82) is 0 Å². The molecule has 2 nitrogen and oxygen atoms in total. The number of Topliss-reactive ketones (excluding diaryl/α,β-unsaturated/α-hetero) is 1. The molecule has 0 aliphatic carbocycles. The highest BCUT2D eigenvalue weighted by Crippen LogP contribution is 2.28. The van der Waals surface area contributed by atoms with Crippen LogP contribution in [0.3, 0.4) is 0 Å². The Morgan fingerprint density at radius 2 is 2.20 bits per heavy atom. The van der Waals surface area contributed by atoms with E-state index in [4.69, 9.17) is 0 Å². The first-order valence-corrected chi connectivity index (χ1v) is 6.64. The third-order valence-corrected chi connectivity index (χ3v) is 4.80. The summed E-state index contributed by atoms with van der Waals surface area (Å²) in [6.07, 6.45) is 2.52. The minimum absolute atomic E-state index is 0.321. The summed E-state index contributed by atoms with van der Waals surface area (Å²) in [6, 6.07) is 3.95. The molecule has 4 heterocycles. The first kappa shape index (κ1) is 9.55. The predicted molar refractivity (Wildman–Crippen MR) is 60.4 cm³/mol. The van der Waals surface area contributed by atoms with Crippen molar-refractivity contribution in [1.82, 2.24) is 0 Å². The molecular weight excluding hydrogens is 206 g/mol. The van der Waals surface area contributed by atoms with Gasteiger partial charge in [0.15, 0.2) is 5.78 Å². The van der Waals surface area contributed by atoms with E-state index in [9.17, 15) is 4.79 Å². The maximum absolute atomic E-state index is 12.2. The van der Waals surface area contributed by atoms with Gasteiger partial charge in [0, 0.05) is 12.8 Å². The quantitative estimate of drug-likeness (QED) is 0.736. The topological polar surface area (TPSA) is 21.5 Å². The van der Waals surface area contributed by atoms with Crippen LogP contribution in [0.4, 0.5) is 0 Å². The summed E-state index contributed by atoms with van der Waals surface area (Å²) in [5.74, 6) is 1.41. The summed E-state index contributed by atoms with van der Waals surface area (Å²) >= 11 is 1.59. The summed E-state index contributed by atoms with van der Waals surface area (Å²) < 4.78 is 0. The van der Waals surface area contributed by atoms with Crippen LogP contribution < -0.4 is 4.90 Å². The molecule has 3 saturated heterocycles. The van der Waals surface area contributed by atoms with E-state index < -0.39 is 0 Å². The Morgan fingerprint density at radius 1 is 1.40 bits per heavy atom. The average molecular weight is 222 g/mol. The highest BCUT2D eigenvalue weighted by atomic mass is 32.1. The van der Waals surface area contributed by atoms with Gasteiger partial charge in [0.2, 0.25) is 0 Å². The fourth-order valence-corrected chi connectivity index (χ4v) is 3.77. The summed E-state index contributed by atoms with van der Waals surface area (Å²) in [6.45, 7) is 3.67. The first-order valence-electron chi connectivity index (χ1n) is 5.76. The second-order valence-corrected chi connectivity index (χ2v) is 5.69. The van der Waals surface area contributed by atoms with Gasteiger partial charge in [0.25, 0.3) is 0 Å². The number of carbonyl (C=O) groups is 1. The number of nitrogens with one attached hydrogen (secondary N) is 1. The molecule has 1 aromatic heterocycles. The van der Waals surface area contributed by atoms with Crippen LogP contribution in [0, 0.1) is 11.8 Å². The average Bonchev–Trinajstić information content (AvgIpc) is 2.83. The Labute approximate surface area is 93.9 Å². The molecule has 1 atom stereocenters. The molecule has 0 radical (unpaired) electrons. The Hall–Kier alpha value is -0.670. The maximum atomic E-state index is 12.2. The number of carbonyl (C=O) groups excluding carboxylic acids is 1. The van der Waals surface area contributed by atoms with Gasteiger partial charge in [0.05, 0.1) is 30.4 Å². The van der Waals surface area contributed by atoms with E-state index in [-0.39, 0.29) is 0 Å². The minimum atomic E-state index is 0.321. The molecule has 0 aromatic carbocycles. The summed E-state index contributed by atoms with van der Waals surface area (Å²) in [4.78, 5) is 14.9. The molecule has 80 valence electrons. The molecule has 1 N–H and O–H groups in total. The second-order valence-electron chi connectivity index (χ2n) is 4.74. The molecule has 3 fully saturated rings. The van der Waals surface area contributed by atoms with E-state index >= 15 is 0 Å². The van der Waals surface area contributed by atoms with Gasteiger partial charge in [-0.15, -0.1) is 11.3 Å². The highest BCUT2D eigenvalue weighted by Gasteiger charge is 2.41. The van der Waals surface area contributed by atoms with Crippen molar-refractivity contribution in [3.05, 3.63) is 22.4 Å². The van der Waals surface area contributed by atoms with Gasteiger partial charge in [0.1, 0.15) is 0 Å². The lowest BCUT2D eigenvalue weighted by molar-refractivity contribution is -0.919. The Bertz CT molecular complexity index is 352. The van der Waals surface area contributed by atoms with Gasteiger partial charge in [-0.2, -0.15) is 0 Å². The summed E-state index contributed by atoms with van der Waals surface area (Å²) in [5, 5.41) is 2.00. The molecule has 1 unspecified atom stereocenters. The van der Waals surface area contributed by atoms with Crippen molar-refractivity contribution in [2.45, 2.75) is 12.8 Å². The van der Waals surface area contributed by atoms with Crippen LogP contribution in [0.15, 0.2) is 17.5 Å². The Balaban J connectivity index is 1.80. The van der Waals surface area contributed by atoms with Gasteiger partial charge in [-0.1, -0.05) is 6.07 Å². The molecule has 1 aromatic rings. The summed E-state index contributed by atoms with van der Waals surface area (Å²) in [7, 11) is 0. The number of quaternary nitrogens is 1. The van der Waals surface area contributed by atoms with Gasteiger partial charge < -0.3 is 4.90 Å². The fraction of sp³-hybridized carbons (Fsp3) is 0.583. The molecule has 3 heteroatoms. The lowest BCUT2D eigenvalue weighted by atomic mass is 9.76. The lowest BCUT2D eigenvalue weighted by Gasteiger charge is -2.40. The molecule has 3 aliphatic rings. The SMILES string of the molecule is O=C(c1cccs1)C1C[NH+]2CCC1CC2. The molecular formula is C12H16NOS+. The van der Waals surface area contributed by atoms with Crippen LogP contribution in [-0.2, 0) is 0 Å². The Kier molecular flexibility index (Phi) is 2.37. The van der Waals surface area contributed by atoms with Gasteiger partial charge >= 0.3 is 0 Å². The smallest absolute Gasteiger partial charge is 0.181 e.